The Balaban J connectivity index is 0. The van der Waals surface area contributed by atoms with E-state index in [-0.39, 0.29) is 0 Å². The molecule has 0 saturated carbocycles. The van der Waals surface area contributed by atoms with Gasteiger partial charge in [0.15, 0.2) is 0 Å². The zero-order chi connectivity index (χ0) is 11.6. The van der Waals surface area contributed by atoms with Crippen LogP contribution in [-0.4, -0.2) is 18.4 Å². The van der Waals surface area contributed by atoms with Crippen molar-refractivity contribution in [2.75, 3.05) is 7.11 Å². The van der Waals surface area contributed by atoms with Gasteiger partial charge in [-0.05, 0) is 6.92 Å². The van der Waals surface area contributed by atoms with Gasteiger partial charge in [-0.1, -0.05) is 0 Å². The molecule has 0 aliphatic rings. The standard InChI is InChI=1S/C4H4O3.C2H4O3.C2H2/c1-3-2-6-4(5)7-3;1-5-2(3)4;1-2/h2H,1H3;1H3,(H,3,4);1-2H. The predicted octanol–water partition coefficient (Wildman–Crippen LogP) is 1.10. The molecule has 1 heterocycles. The van der Waals surface area contributed by atoms with Crippen molar-refractivity contribution in [3.63, 3.8) is 0 Å². The summed E-state index contributed by atoms with van der Waals surface area (Å²) in [5.74, 6) is -0.137. The number of terminal acetylenes is 1. The smallest absolute Gasteiger partial charge is 0.450 e. The number of ether oxygens (including phenoxy) is 1. The van der Waals surface area contributed by atoms with Crippen molar-refractivity contribution in [3.8, 4) is 12.8 Å². The molecule has 1 aromatic rings. The lowest BCUT2D eigenvalue weighted by atomic mass is 10.6. The van der Waals surface area contributed by atoms with Crippen LogP contribution in [0.25, 0.3) is 0 Å². The number of hydrogen-bond acceptors (Lipinski definition) is 5. The monoisotopic (exact) mass is 202 g/mol. The van der Waals surface area contributed by atoms with E-state index in [1.807, 2.05) is 0 Å². The molecule has 0 atom stereocenters. The fourth-order valence-electron chi connectivity index (χ4n) is 0.311. The van der Waals surface area contributed by atoms with Gasteiger partial charge in [0.25, 0.3) is 0 Å². The molecule has 0 bridgehead atoms. The van der Waals surface area contributed by atoms with Crippen LogP contribution in [0, 0.1) is 19.8 Å². The van der Waals surface area contributed by atoms with Crippen LogP contribution in [0.2, 0.25) is 0 Å². The van der Waals surface area contributed by atoms with Gasteiger partial charge in [0.05, 0.1) is 7.11 Å². The Morgan fingerprint density at radius 2 is 2.00 bits per heavy atom. The molecular weight excluding hydrogens is 192 g/mol. The summed E-state index contributed by atoms with van der Waals surface area (Å²) in [6, 6.07) is 0. The first kappa shape index (κ1) is 14.4. The molecule has 0 aromatic carbocycles. The van der Waals surface area contributed by atoms with E-state index >= 15 is 0 Å². The Morgan fingerprint density at radius 3 is 2.07 bits per heavy atom. The zero-order valence-electron chi connectivity index (χ0n) is 7.72. The summed E-state index contributed by atoms with van der Waals surface area (Å²) in [5.41, 5.74) is 0. The van der Waals surface area contributed by atoms with E-state index in [2.05, 4.69) is 26.4 Å². The van der Waals surface area contributed by atoms with Crippen LogP contribution in [0.3, 0.4) is 0 Å². The third-order valence-corrected chi connectivity index (χ3v) is 0.740. The molecule has 1 N–H and O–H groups in total. The second kappa shape index (κ2) is 8.93. The highest BCUT2D eigenvalue weighted by Gasteiger charge is 1.88. The van der Waals surface area contributed by atoms with E-state index in [1.54, 1.807) is 6.92 Å². The van der Waals surface area contributed by atoms with Gasteiger partial charge >= 0.3 is 12.0 Å². The number of rotatable bonds is 0. The third-order valence-electron chi connectivity index (χ3n) is 0.740. The zero-order valence-corrected chi connectivity index (χ0v) is 7.72. The third kappa shape index (κ3) is 9.84. The van der Waals surface area contributed by atoms with Crippen LogP contribution in [0.1, 0.15) is 5.76 Å². The van der Waals surface area contributed by atoms with Gasteiger partial charge in [-0.25, -0.2) is 9.59 Å². The highest BCUT2D eigenvalue weighted by atomic mass is 16.6. The molecule has 14 heavy (non-hydrogen) atoms. The minimum atomic E-state index is -1.25. The van der Waals surface area contributed by atoms with E-state index in [9.17, 15) is 4.79 Å². The summed E-state index contributed by atoms with van der Waals surface area (Å²) in [6.45, 7) is 1.64. The summed E-state index contributed by atoms with van der Waals surface area (Å²) in [6.07, 6.45) is 8.02. The Labute approximate surface area is 80.1 Å². The van der Waals surface area contributed by atoms with Gasteiger partial charge in [-0.3, -0.25) is 0 Å². The molecule has 0 aliphatic heterocycles. The average Bonchev–Trinajstić information content (AvgIpc) is 2.54. The van der Waals surface area contributed by atoms with Crippen LogP contribution in [0.15, 0.2) is 19.9 Å². The molecule has 0 aliphatic carbocycles. The van der Waals surface area contributed by atoms with Crippen LogP contribution in [-0.2, 0) is 4.74 Å². The number of hydrogen-bond donors (Lipinski definition) is 1. The first-order chi connectivity index (χ1) is 6.56. The first-order valence-electron chi connectivity index (χ1n) is 3.21. The van der Waals surface area contributed by atoms with E-state index in [0.717, 1.165) is 7.11 Å². The molecule has 0 spiro atoms. The normalized spacial score (nSPS) is 7.14. The quantitative estimate of drug-likeness (QED) is 0.500. The van der Waals surface area contributed by atoms with E-state index in [4.69, 9.17) is 9.90 Å². The summed E-state index contributed by atoms with van der Waals surface area (Å²) in [5, 5.41) is 7.50. The van der Waals surface area contributed by atoms with Crippen molar-refractivity contribution in [1.82, 2.24) is 0 Å². The minimum Gasteiger partial charge on any atom is -0.450 e. The largest absolute Gasteiger partial charge is 0.518 e. The molecule has 6 nitrogen and oxygen atoms in total. The SMILES string of the molecule is C#C.COC(=O)O.Cc1coc(=O)o1. The molecule has 0 unspecified atom stereocenters. The molecular formula is C8H10O6. The van der Waals surface area contributed by atoms with Gasteiger partial charge in [0.1, 0.15) is 12.0 Å². The van der Waals surface area contributed by atoms with Crippen molar-refractivity contribution in [2.45, 2.75) is 6.92 Å². The number of methoxy groups -OCH3 is 1. The van der Waals surface area contributed by atoms with Gasteiger partial charge in [-0.15, -0.1) is 12.8 Å². The second-order valence-corrected chi connectivity index (χ2v) is 1.67. The first-order valence-corrected chi connectivity index (χ1v) is 3.21. The Morgan fingerprint density at radius 1 is 1.57 bits per heavy atom. The lowest BCUT2D eigenvalue weighted by Gasteiger charge is -1.79. The van der Waals surface area contributed by atoms with Gasteiger partial charge < -0.3 is 18.7 Å². The summed E-state index contributed by atoms with van der Waals surface area (Å²) in [4.78, 5) is 19.1. The molecule has 1 aromatic heterocycles. The molecule has 6 heteroatoms. The number of carboxylic acid groups (broad SMARTS) is 1. The molecule has 1 rings (SSSR count). The van der Waals surface area contributed by atoms with Gasteiger partial charge in [0.2, 0.25) is 0 Å². The van der Waals surface area contributed by atoms with E-state index < -0.39 is 12.0 Å². The predicted molar refractivity (Wildman–Crippen MR) is 46.9 cm³/mol. The van der Waals surface area contributed by atoms with Crippen molar-refractivity contribution >= 4 is 6.16 Å². The van der Waals surface area contributed by atoms with E-state index in [1.165, 1.54) is 6.26 Å². The molecule has 0 amide bonds. The molecule has 0 radical (unpaired) electrons. The van der Waals surface area contributed by atoms with Crippen molar-refractivity contribution < 1.29 is 23.5 Å². The molecule has 0 saturated heterocycles. The highest BCUT2D eigenvalue weighted by molar-refractivity contribution is 5.56. The van der Waals surface area contributed by atoms with Crippen LogP contribution in [0.4, 0.5) is 4.79 Å². The summed E-state index contributed by atoms with van der Waals surface area (Å²) in [7, 11) is 1.10. The molecule has 0 fully saturated rings. The summed E-state index contributed by atoms with van der Waals surface area (Å²) < 4.78 is 12.3. The number of aryl methyl sites for hydroxylation is 1. The highest BCUT2D eigenvalue weighted by Crippen LogP contribution is 1.87. The maximum Gasteiger partial charge on any atom is 0.518 e. The molecule has 78 valence electrons. The summed E-state index contributed by atoms with van der Waals surface area (Å²) >= 11 is 0. The van der Waals surface area contributed by atoms with E-state index in [0.29, 0.717) is 5.76 Å². The van der Waals surface area contributed by atoms with Crippen molar-refractivity contribution in [3.05, 3.63) is 22.6 Å². The Bertz CT molecular complexity index is 318. The lowest BCUT2D eigenvalue weighted by Crippen LogP contribution is -1.91. The van der Waals surface area contributed by atoms with Gasteiger partial charge in [-0.2, -0.15) is 0 Å². The maximum atomic E-state index is 9.96. The average molecular weight is 202 g/mol. The Hall–Kier alpha value is -2.16. The second-order valence-electron chi connectivity index (χ2n) is 1.67. The van der Waals surface area contributed by atoms with Crippen molar-refractivity contribution in [1.29, 1.82) is 0 Å². The topological polar surface area (TPSA) is 89.9 Å². The van der Waals surface area contributed by atoms with Gasteiger partial charge in [0, 0.05) is 0 Å². The maximum absolute atomic E-state index is 9.96. The van der Waals surface area contributed by atoms with Crippen LogP contribution >= 0.6 is 0 Å². The fraction of sp³-hybridized carbons (Fsp3) is 0.250. The number of carbonyl (C=O) groups is 1. The lowest BCUT2D eigenvalue weighted by molar-refractivity contribution is 0.114. The van der Waals surface area contributed by atoms with Crippen LogP contribution in [0.5, 0.6) is 0 Å². The van der Waals surface area contributed by atoms with Crippen molar-refractivity contribution in [2.24, 2.45) is 0 Å². The minimum absolute atomic E-state index is 0.505. The Kier molecular flexibility index (Phi) is 9.17. The fourth-order valence-corrected chi connectivity index (χ4v) is 0.311. The van der Waals surface area contributed by atoms with Crippen LogP contribution < -0.4 is 5.82 Å².